The molecule has 148 valence electrons. The molecule has 1 amide bonds. The van der Waals surface area contributed by atoms with Crippen LogP contribution in [0.1, 0.15) is 18.1 Å². The molecule has 0 aromatic heterocycles. The van der Waals surface area contributed by atoms with Gasteiger partial charge < -0.3 is 19.3 Å². The topological polar surface area (TPSA) is 43.2 Å². The molecule has 1 aliphatic rings. The highest BCUT2D eigenvalue weighted by atomic mass is 16.5. The Balaban J connectivity index is 1.51. The van der Waals surface area contributed by atoms with E-state index in [2.05, 4.69) is 12.1 Å². The number of hydrogen-bond donors (Lipinski definition) is 1. The number of hydrogen-bond acceptors (Lipinski definition) is 3. The Kier molecular flexibility index (Phi) is 7.09. The second kappa shape index (κ2) is 9.95. The molecule has 1 N–H and O–H groups in total. The van der Waals surface area contributed by atoms with Crippen LogP contribution >= 0.6 is 0 Å². The molecule has 0 saturated carbocycles. The highest BCUT2D eigenvalue weighted by Gasteiger charge is 2.22. The zero-order valence-electron chi connectivity index (χ0n) is 16.7. The van der Waals surface area contributed by atoms with Gasteiger partial charge in [-0.1, -0.05) is 18.2 Å². The molecular weight excluding hydrogens is 352 g/mol. The summed E-state index contributed by atoms with van der Waals surface area (Å²) in [6, 6.07) is 16.0. The molecule has 0 aliphatic carbocycles. The minimum Gasteiger partial charge on any atom is -0.497 e. The Labute approximate surface area is 167 Å². The van der Waals surface area contributed by atoms with Crippen molar-refractivity contribution in [3.63, 3.8) is 0 Å². The number of methoxy groups -OCH3 is 1. The number of ether oxygens (including phenoxy) is 2. The molecule has 0 radical (unpaired) electrons. The van der Waals surface area contributed by atoms with Crippen molar-refractivity contribution in [2.24, 2.45) is 0 Å². The van der Waals surface area contributed by atoms with E-state index >= 15 is 0 Å². The summed E-state index contributed by atoms with van der Waals surface area (Å²) in [7, 11) is 1.68. The van der Waals surface area contributed by atoms with Crippen LogP contribution in [-0.2, 0) is 11.3 Å². The largest absolute Gasteiger partial charge is 0.497 e. The molecule has 0 spiro atoms. The van der Waals surface area contributed by atoms with Crippen LogP contribution in [0.5, 0.6) is 11.5 Å². The van der Waals surface area contributed by atoms with Gasteiger partial charge in [0.05, 0.1) is 39.9 Å². The first kappa shape index (κ1) is 20.0. The highest BCUT2D eigenvalue weighted by Crippen LogP contribution is 2.19. The van der Waals surface area contributed by atoms with Gasteiger partial charge in [-0.25, -0.2) is 0 Å². The van der Waals surface area contributed by atoms with Crippen LogP contribution in [0.3, 0.4) is 0 Å². The summed E-state index contributed by atoms with van der Waals surface area (Å²) in [5, 5.41) is 0. The molecule has 3 rings (SSSR count). The normalized spacial score (nSPS) is 15.0. The summed E-state index contributed by atoms with van der Waals surface area (Å²) in [5.74, 6) is 1.75. The van der Waals surface area contributed by atoms with Crippen LogP contribution in [0, 0.1) is 0 Å². The first-order chi connectivity index (χ1) is 13.7. The van der Waals surface area contributed by atoms with Crippen LogP contribution in [0.4, 0.5) is 0 Å². The van der Waals surface area contributed by atoms with Gasteiger partial charge in [0.1, 0.15) is 18.0 Å². The molecule has 28 heavy (non-hydrogen) atoms. The van der Waals surface area contributed by atoms with E-state index in [1.165, 1.54) is 10.5 Å². The summed E-state index contributed by atoms with van der Waals surface area (Å²) >= 11 is 0. The van der Waals surface area contributed by atoms with E-state index in [0.29, 0.717) is 6.61 Å². The maximum absolute atomic E-state index is 12.6. The molecule has 0 atom stereocenters. The summed E-state index contributed by atoms with van der Waals surface area (Å²) in [6.45, 7) is 7.02. The number of carbonyl (C=O) groups excluding carboxylic acids is 1. The number of rotatable bonds is 7. The zero-order chi connectivity index (χ0) is 19.8. The van der Waals surface area contributed by atoms with Gasteiger partial charge in [0.15, 0.2) is 0 Å². The molecule has 0 unspecified atom stereocenters. The fourth-order valence-electron chi connectivity index (χ4n) is 3.42. The zero-order valence-corrected chi connectivity index (χ0v) is 16.7. The molecule has 5 nitrogen and oxygen atoms in total. The van der Waals surface area contributed by atoms with Crippen molar-refractivity contribution in [3.05, 3.63) is 65.7 Å². The number of piperazine rings is 1. The van der Waals surface area contributed by atoms with Gasteiger partial charge in [0, 0.05) is 17.2 Å². The average Bonchev–Trinajstić information content (AvgIpc) is 2.74. The maximum Gasteiger partial charge on any atom is 0.246 e. The third-order valence-electron chi connectivity index (χ3n) is 5.02. The molecule has 1 heterocycles. The van der Waals surface area contributed by atoms with E-state index < -0.39 is 0 Å². The highest BCUT2D eigenvalue weighted by molar-refractivity contribution is 5.92. The number of nitrogens with zero attached hydrogens (tertiary/aromatic N) is 1. The second-order valence-corrected chi connectivity index (χ2v) is 6.90. The van der Waals surface area contributed by atoms with E-state index in [-0.39, 0.29) is 5.91 Å². The SMILES string of the molecule is CCOc1ccccc1/C=C/C(=O)N1CC[NH+](Cc2ccc(OC)cc2)CC1. The Morgan fingerprint density at radius 3 is 2.50 bits per heavy atom. The summed E-state index contributed by atoms with van der Waals surface area (Å²) in [4.78, 5) is 16.0. The minimum atomic E-state index is 0.0646. The molecule has 0 bridgehead atoms. The first-order valence-corrected chi connectivity index (χ1v) is 9.85. The van der Waals surface area contributed by atoms with E-state index in [0.717, 1.165) is 49.8 Å². The lowest BCUT2D eigenvalue weighted by Crippen LogP contribution is -3.13. The molecular formula is C23H29N2O3+. The molecule has 2 aromatic rings. The molecule has 1 aliphatic heterocycles. The minimum absolute atomic E-state index is 0.0646. The molecule has 2 aromatic carbocycles. The van der Waals surface area contributed by atoms with Crippen molar-refractivity contribution in [1.82, 2.24) is 4.90 Å². The van der Waals surface area contributed by atoms with Gasteiger partial charge in [-0.15, -0.1) is 0 Å². The Hall–Kier alpha value is -2.79. The molecule has 5 heteroatoms. The van der Waals surface area contributed by atoms with Crippen molar-refractivity contribution in [2.75, 3.05) is 39.9 Å². The van der Waals surface area contributed by atoms with Crippen LogP contribution < -0.4 is 14.4 Å². The number of benzene rings is 2. The van der Waals surface area contributed by atoms with E-state index in [4.69, 9.17) is 9.47 Å². The summed E-state index contributed by atoms with van der Waals surface area (Å²) in [5.41, 5.74) is 2.23. The predicted molar refractivity (Wildman–Crippen MR) is 111 cm³/mol. The number of amides is 1. The molecule has 1 saturated heterocycles. The molecule has 1 fully saturated rings. The number of carbonyl (C=O) groups is 1. The Bertz CT molecular complexity index is 794. The maximum atomic E-state index is 12.6. The smallest absolute Gasteiger partial charge is 0.246 e. The van der Waals surface area contributed by atoms with Gasteiger partial charge >= 0.3 is 0 Å². The number of para-hydroxylation sites is 1. The standard InChI is InChI=1S/C23H28N2O3/c1-3-28-22-7-5-4-6-20(22)10-13-23(26)25-16-14-24(15-17-25)18-19-8-11-21(27-2)12-9-19/h4-13H,3,14-18H2,1-2H3/p+1/b13-10+. The van der Waals surface area contributed by atoms with Crippen molar-refractivity contribution in [1.29, 1.82) is 0 Å². The van der Waals surface area contributed by atoms with Crippen molar-refractivity contribution in [3.8, 4) is 11.5 Å². The van der Waals surface area contributed by atoms with E-state index in [9.17, 15) is 4.79 Å². The Morgan fingerprint density at radius 1 is 1.11 bits per heavy atom. The van der Waals surface area contributed by atoms with Crippen LogP contribution in [0.15, 0.2) is 54.6 Å². The third-order valence-corrected chi connectivity index (χ3v) is 5.02. The van der Waals surface area contributed by atoms with Gasteiger partial charge in [-0.3, -0.25) is 4.79 Å². The lowest BCUT2D eigenvalue weighted by Gasteiger charge is -2.31. The van der Waals surface area contributed by atoms with E-state index in [1.54, 1.807) is 13.2 Å². The van der Waals surface area contributed by atoms with E-state index in [1.807, 2.05) is 54.3 Å². The van der Waals surface area contributed by atoms with Crippen molar-refractivity contribution >= 4 is 12.0 Å². The van der Waals surface area contributed by atoms with Gasteiger partial charge in [-0.05, 0) is 43.3 Å². The second-order valence-electron chi connectivity index (χ2n) is 6.90. The lowest BCUT2D eigenvalue weighted by molar-refractivity contribution is -0.917. The monoisotopic (exact) mass is 381 g/mol. The van der Waals surface area contributed by atoms with Crippen LogP contribution in [0.25, 0.3) is 6.08 Å². The summed E-state index contributed by atoms with van der Waals surface area (Å²) < 4.78 is 10.8. The van der Waals surface area contributed by atoms with Crippen molar-refractivity contribution < 1.29 is 19.2 Å². The number of quaternary nitrogens is 1. The lowest BCUT2D eigenvalue weighted by atomic mass is 10.1. The predicted octanol–water partition coefficient (Wildman–Crippen LogP) is 2.03. The van der Waals surface area contributed by atoms with Crippen LogP contribution in [0.2, 0.25) is 0 Å². The average molecular weight is 381 g/mol. The van der Waals surface area contributed by atoms with Gasteiger partial charge in [-0.2, -0.15) is 0 Å². The van der Waals surface area contributed by atoms with Gasteiger partial charge in [0.2, 0.25) is 5.91 Å². The van der Waals surface area contributed by atoms with Crippen molar-refractivity contribution in [2.45, 2.75) is 13.5 Å². The summed E-state index contributed by atoms with van der Waals surface area (Å²) in [6.07, 6.45) is 3.51. The third kappa shape index (κ3) is 5.36. The quantitative estimate of drug-likeness (QED) is 0.747. The Morgan fingerprint density at radius 2 is 1.82 bits per heavy atom. The van der Waals surface area contributed by atoms with Gasteiger partial charge in [0.25, 0.3) is 0 Å². The fourth-order valence-corrected chi connectivity index (χ4v) is 3.42. The van der Waals surface area contributed by atoms with Crippen LogP contribution in [-0.4, -0.2) is 50.7 Å². The fraction of sp³-hybridized carbons (Fsp3) is 0.348. The number of nitrogens with one attached hydrogen (secondary N) is 1. The first-order valence-electron chi connectivity index (χ1n) is 9.85.